The van der Waals surface area contributed by atoms with Gasteiger partial charge in [-0.1, -0.05) is 0 Å². The highest BCUT2D eigenvalue weighted by Gasteiger charge is 2.38. The van der Waals surface area contributed by atoms with Gasteiger partial charge in [-0.15, -0.1) is 0 Å². The molecule has 1 aromatic rings. The summed E-state index contributed by atoms with van der Waals surface area (Å²) in [5, 5.41) is 22.2. The van der Waals surface area contributed by atoms with Crippen molar-refractivity contribution in [1.29, 1.82) is 0 Å². The normalized spacial score (nSPS) is 19.1. The van der Waals surface area contributed by atoms with E-state index in [1.807, 2.05) is 0 Å². The van der Waals surface area contributed by atoms with Gasteiger partial charge in [0, 0.05) is 25.6 Å². The van der Waals surface area contributed by atoms with E-state index < -0.39 is 46.2 Å². The minimum Gasteiger partial charge on any atom is -0.501 e. The third-order valence-electron chi connectivity index (χ3n) is 5.06. The van der Waals surface area contributed by atoms with Crippen LogP contribution in [0.5, 0.6) is 5.75 Å². The Kier molecular flexibility index (Phi) is 7.76. The number of aromatic hydroxyl groups is 1. The van der Waals surface area contributed by atoms with Gasteiger partial charge in [-0.25, -0.2) is 14.4 Å². The summed E-state index contributed by atoms with van der Waals surface area (Å²) in [5.74, 6) is -2.38. The van der Waals surface area contributed by atoms with E-state index in [0.29, 0.717) is 25.8 Å². The Morgan fingerprint density at radius 3 is 2.56 bits per heavy atom. The van der Waals surface area contributed by atoms with Crippen LogP contribution in [0, 0.1) is 0 Å². The Morgan fingerprint density at radius 2 is 1.97 bits per heavy atom. The van der Waals surface area contributed by atoms with Crippen LogP contribution >= 0.6 is 0 Å². The molecule has 32 heavy (non-hydrogen) atoms. The molecule has 178 valence electrons. The van der Waals surface area contributed by atoms with Gasteiger partial charge in [-0.05, 0) is 46.5 Å². The van der Waals surface area contributed by atoms with E-state index in [-0.39, 0.29) is 25.1 Å². The average Bonchev–Trinajstić information content (AvgIpc) is 2.89. The first kappa shape index (κ1) is 25.0. The van der Waals surface area contributed by atoms with Crippen LogP contribution in [0.3, 0.4) is 0 Å². The Balaban J connectivity index is 2.33. The minimum atomic E-state index is -1.11. The number of rotatable bonds is 5. The molecule has 1 aliphatic rings. The summed E-state index contributed by atoms with van der Waals surface area (Å²) in [6.07, 6.45) is 0.255. The fourth-order valence-corrected chi connectivity index (χ4v) is 3.59. The van der Waals surface area contributed by atoms with Gasteiger partial charge in [0.2, 0.25) is 11.2 Å². The maximum atomic E-state index is 12.5. The fourth-order valence-electron chi connectivity index (χ4n) is 3.59. The van der Waals surface area contributed by atoms with Crippen molar-refractivity contribution in [2.75, 3.05) is 20.2 Å². The van der Waals surface area contributed by atoms with E-state index in [1.165, 1.54) is 4.90 Å². The van der Waals surface area contributed by atoms with Crippen molar-refractivity contribution in [3.05, 3.63) is 27.8 Å². The topological polar surface area (TPSA) is 156 Å². The summed E-state index contributed by atoms with van der Waals surface area (Å²) in [6, 6.07) is 1.05. The van der Waals surface area contributed by atoms with Gasteiger partial charge >= 0.3 is 18.2 Å². The van der Waals surface area contributed by atoms with E-state index >= 15 is 0 Å². The second-order valence-corrected chi connectivity index (χ2v) is 8.81. The summed E-state index contributed by atoms with van der Waals surface area (Å²) >= 11 is 0. The summed E-state index contributed by atoms with van der Waals surface area (Å²) in [5.41, 5.74) is -2.55. The Morgan fingerprint density at radius 1 is 1.28 bits per heavy atom. The number of methoxy groups -OCH3 is 1. The van der Waals surface area contributed by atoms with Crippen molar-refractivity contribution in [1.82, 2.24) is 10.2 Å². The number of nitrogens with one attached hydrogen (secondary N) is 1. The number of nitrogens with zero attached hydrogens (tertiary/aromatic N) is 1. The quantitative estimate of drug-likeness (QED) is 0.569. The summed E-state index contributed by atoms with van der Waals surface area (Å²) in [7, 11) is 1.08. The molecule has 1 atom stereocenters. The lowest BCUT2D eigenvalue weighted by molar-refractivity contribution is 0.0412. The van der Waals surface area contributed by atoms with Gasteiger partial charge < -0.3 is 34.3 Å². The van der Waals surface area contributed by atoms with Crippen LogP contribution in [0.25, 0.3) is 0 Å². The monoisotopic (exact) mass is 454 g/mol. The molecule has 0 radical (unpaired) electrons. The molecule has 2 rings (SSSR count). The fraction of sp³-hybridized carbons (Fsp3) is 0.619. The van der Waals surface area contributed by atoms with Crippen LogP contribution < -0.4 is 10.7 Å². The molecule has 1 aromatic heterocycles. The number of aryl methyl sites for hydroxylation is 1. The molecule has 0 aliphatic carbocycles. The lowest BCUT2D eigenvalue weighted by atomic mass is 9.87. The van der Waals surface area contributed by atoms with Crippen molar-refractivity contribution in [2.45, 2.75) is 64.0 Å². The molecule has 1 aliphatic heterocycles. The zero-order valence-electron chi connectivity index (χ0n) is 18.7. The van der Waals surface area contributed by atoms with E-state index in [9.17, 15) is 29.4 Å². The highest BCUT2D eigenvalue weighted by Crippen LogP contribution is 2.28. The van der Waals surface area contributed by atoms with E-state index in [0.717, 1.165) is 13.2 Å². The number of carbonyl (C=O) groups is 3. The largest absolute Gasteiger partial charge is 0.501 e. The molecule has 11 nitrogen and oxygen atoms in total. The summed E-state index contributed by atoms with van der Waals surface area (Å²) < 4.78 is 15.3. The van der Waals surface area contributed by atoms with Crippen molar-refractivity contribution < 1.29 is 38.5 Å². The molecule has 0 saturated carbocycles. The van der Waals surface area contributed by atoms with Gasteiger partial charge in [0.25, 0.3) is 5.76 Å². The summed E-state index contributed by atoms with van der Waals surface area (Å²) in [6.45, 7) is 5.50. The third-order valence-corrected chi connectivity index (χ3v) is 5.06. The highest BCUT2D eigenvalue weighted by molar-refractivity contribution is 5.88. The molecule has 0 spiro atoms. The average molecular weight is 454 g/mol. The van der Waals surface area contributed by atoms with Crippen LogP contribution in [-0.2, 0) is 15.9 Å². The van der Waals surface area contributed by atoms with Crippen molar-refractivity contribution in [2.24, 2.45) is 0 Å². The summed E-state index contributed by atoms with van der Waals surface area (Å²) in [4.78, 5) is 49.3. The first-order valence-electron chi connectivity index (χ1n) is 10.3. The zero-order chi connectivity index (χ0) is 24.1. The Labute approximate surface area is 185 Å². The Bertz CT molecular complexity index is 919. The highest BCUT2D eigenvalue weighted by atomic mass is 16.6. The predicted molar refractivity (Wildman–Crippen MR) is 112 cm³/mol. The predicted octanol–water partition coefficient (Wildman–Crippen LogP) is 2.49. The number of likely N-dealkylation sites (tertiary alicyclic amines) is 1. The smallest absolute Gasteiger partial charge is 0.408 e. The van der Waals surface area contributed by atoms with Crippen molar-refractivity contribution in [3.8, 4) is 5.75 Å². The number of alkyl carbamates (subject to hydrolysis) is 1. The van der Waals surface area contributed by atoms with Gasteiger partial charge in [-0.2, -0.15) is 0 Å². The van der Waals surface area contributed by atoms with Gasteiger partial charge in [0.05, 0.1) is 12.6 Å². The first-order chi connectivity index (χ1) is 14.9. The molecule has 1 unspecified atom stereocenters. The SMILES string of the molecule is COC(=O)c1oc(CCC2(NC(=O)OC(C)(C)C)CCCCN(C(=O)O)C2)cc(=O)c1O. The molecule has 11 heteroatoms. The molecule has 0 bridgehead atoms. The molecular weight excluding hydrogens is 424 g/mol. The maximum Gasteiger partial charge on any atom is 0.408 e. The lowest BCUT2D eigenvalue weighted by Gasteiger charge is -2.37. The number of hydrogen-bond donors (Lipinski definition) is 3. The standard InChI is InChI=1S/C21H30N2O9/c1-20(2,3)32-18(27)22-21(8-5-6-10-23(12-21)19(28)29)9-7-13-11-14(24)15(25)16(31-13)17(26)30-4/h11,25H,5-10,12H2,1-4H3,(H,22,27)(H,28,29). The molecular formula is C21H30N2O9. The first-order valence-corrected chi connectivity index (χ1v) is 10.3. The lowest BCUT2D eigenvalue weighted by Crippen LogP contribution is -2.56. The number of carboxylic acid groups (broad SMARTS) is 1. The number of carbonyl (C=O) groups excluding carboxylic acids is 2. The third kappa shape index (κ3) is 6.63. The molecule has 1 fully saturated rings. The number of hydrogen-bond acceptors (Lipinski definition) is 8. The number of ether oxygens (including phenoxy) is 2. The van der Waals surface area contributed by atoms with E-state index in [1.54, 1.807) is 20.8 Å². The zero-order valence-corrected chi connectivity index (χ0v) is 18.7. The van der Waals surface area contributed by atoms with Crippen LogP contribution in [-0.4, -0.2) is 64.6 Å². The van der Waals surface area contributed by atoms with Gasteiger partial charge in [-0.3, -0.25) is 4.79 Å². The minimum absolute atomic E-state index is 0.0216. The second-order valence-electron chi connectivity index (χ2n) is 8.81. The van der Waals surface area contributed by atoms with E-state index in [4.69, 9.17) is 9.15 Å². The van der Waals surface area contributed by atoms with Gasteiger partial charge in [0.1, 0.15) is 11.4 Å². The van der Waals surface area contributed by atoms with Crippen molar-refractivity contribution in [3.63, 3.8) is 0 Å². The second kappa shape index (κ2) is 9.92. The molecule has 2 amide bonds. The molecule has 0 aromatic carbocycles. The number of esters is 1. The van der Waals surface area contributed by atoms with Crippen LogP contribution in [0.1, 0.15) is 62.8 Å². The van der Waals surface area contributed by atoms with Crippen molar-refractivity contribution >= 4 is 18.2 Å². The van der Waals surface area contributed by atoms with Gasteiger partial charge in [0.15, 0.2) is 0 Å². The van der Waals surface area contributed by atoms with Crippen LogP contribution in [0.2, 0.25) is 0 Å². The maximum absolute atomic E-state index is 12.5. The van der Waals surface area contributed by atoms with E-state index in [2.05, 4.69) is 10.1 Å². The number of amides is 2. The van der Waals surface area contributed by atoms with Crippen LogP contribution in [0.4, 0.5) is 9.59 Å². The molecule has 2 heterocycles. The molecule has 1 saturated heterocycles. The van der Waals surface area contributed by atoms with Crippen LogP contribution in [0.15, 0.2) is 15.3 Å². The molecule has 3 N–H and O–H groups in total. The Hall–Kier alpha value is -3.24.